The molecule has 1 saturated heterocycles. The Labute approximate surface area is 150 Å². The third kappa shape index (κ3) is 4.87. The number of nitrogens with one attached hydrogen (secondary N) is 1. The standard InChI is InChI=1S/C15H22N5O5P/c1-11(8-25-26(21,22)23)5-6-16-14-13-15(18-9-17-14)20(10-19-13)12-4-2-3-7-24-12/h5,9-10,12H,2-4,6-8H2,1H3,(H,16,17,18)(H2,21,22,23)/b11-5-/t12-/m1/s1. The van der Waals surface area contributed by atoms with Gasteiger partial charge in [0.1, 0.15) is 12.6 Å². The molecule has 1 fully saturated rings. The Balaban J connectivity index is 1.67. The largest absolute Gasteiger partial charge is 0.469 e. The molecule has 3 N–H and O–H groups in total. The first-order chi connectivity index (χ1) is 12.4. The lowest BCUT2D eigenvalue weighted by atomic mass is 10.2. The number of phosphoric ester groups is 1. The van der Waals surface area contributed by atoms with Gasteiger partial charge in [0.25, 0.3) is 0 Å². The molecule has 3 rings (SSSR count). The average molecular weight is 383 g/mol. The van der Waals surface area contributed by atoms with Crippen molar-refractivity contribution in [1.29, 1.82) is 0 Å². The number of hydrogen-bond acceptors (Lipinski definition) is 7. The van der Waals surface area contributed by atoms with Gasteiger partial charge >= 0.3 is 7.82 Å². The number of rotatable bonds is 7. The second-order valence-corrected chi connectivity index (χ2v) is 7.30. The van der Waals surface area contributed by atoms with Gasteiger partial charge in [0.05, 0.1) is 12.9 Å². The third-order valence-electron chi connectivity index (χ3n) is 4.01. The Morgan fingerprint density at radius 3 is 3.04 bits per heavy atom. The first kappa shape index (κ1) is 18.9. The second-order valence-electron chi connectivity index (χ2n) is 6.06. The van der Waals surface area contributed by atoms with Crippen molar-refractivity contribution >= 4 is 24.8 Å². The number of phosphoric acid groups is 1. The number of nitrogens with zero attached hydrogens (tertiary/aromatic N) is 4. The highest BCUT2D eigenvalue weighted by Gasteiger charge is 2.20. The molecule has 0 bridgehead atoms. The summed E-state index contributed by atoms with van der Waals surface area (Å²) in [6.45, 7) is 2.73. The Morgan fingerprint density at radius 1 is 1.46 bits per heavy atom. The Bertz CT molecular complexity index is 827. The zero-order valence-corrected chi connectivity index (χ0v) is 15.3. The number of ether oxygens (including phenoxy) is 1. The minimum Gasteiger partial charge on any atom is -0.365 e. The molecule has 0 unspecified atom stereocenters. The van der Waals surface area contributed by atoms with Gasteiger partial charge in [0.2, 0.25) is 0 Å². The van der Waals surface area contributed by atoms with E-state index in [1.807, 2.05) is 4.57 Å². The first-order valence-electron chi connectivity index (χ1n) is 8.33. The van der Waals surface area contributed by atoms with Crippen LogP contribution in [0.25, 0.3) is 11.2 Å². The number of anilines is 1. The minimum atomic E-state index is -4.46. The first-order valence-corrected chi connectivity index (χ1v) is 9.86. The van der Waals surface area contributed by atoms with Crippen LogP contribution in [0.3, 0.4) is 0 Å². The van der Waals surface area contributed by atoms with Crippen molar-refractivity contribution in [2.24, 2.45) is 0 Å². The fourth-order valence-corrected chi connectivity index (χ4v) is 3.07. The molecule has 0 amide bonds. The maximum atomic E-state index is 10.7. The number of imidazole rings is 1. The van der Waals surface area contributed by atoms with Crippen LogP contribution in [0.15, 0.2) is 24.3 Å². The van der Waals surface area contributed by atoms with E-state index in [1.165, 1.54) is 6.33 Å². The number of fused-ring (bicyclic) bond motifs is 1. The topological polar surface area (TPSA) is 132 Å². The van der Waals surface area contributed by atoms with Crippen molar-refractivity contribution in [2.45, 2.75) is 32.4 Å². The smallest absolute Gasteiger partial charge is 0.365 e. The highest BCUT2D eigenvalue weighted by atomic mass is 31.2. The zero-order chi connectivity index (χ0) is 18.6. The van der Waals surface area contributed by atoms with Crippen molar-refractivity contribution in [1.82, 2.24) is 19.5 Å². The normalized spacial score (nSPS) is 19.0. The van der Waals surface area contributed by atoms with Crippen molar-refractivity contribution in [3.05, 3.63) is 24.3 Å². The van der Waals surface area contributed by atoms with E-state index in [0.717, 1.165) is 25.9 Å². The SMILES string of the molecule is C/C(=C/CNc1ncnc2c1ncn2[C@H]1CCCCO1)COP(=O)(O)O. The number of aromatic nitrogens is 4. The fraction of sp³-hybridized carbons (Fsp3) is 0.533. The van der Waals surface area contributed by atoms with Gasteiger partial charge in [0.15, 0.2) is 17.0 Å². The van der Waals surface area contributed by atoms with Crippen LogP contribution in [0.1, 0.15) is 32.4 Å². The van der Waals surface area contributed by atoms with Crippen molar-refractivity contribution in [2.75, 3.05) is 25.1 Å². The molecule has 0 saturated carbocycles. The lowest BCUT2D eigenvalue weighted by molar-refractivity contribution is -0.0298. The molecule has 1 atom stereocenters. The van der Waals surface area contributed by atoms with Crippen LogP contribution >= 0.6 is 7.82 Å². The Morgan fingerprint density at radius 2 is 2.31 bits per heavy atom. The maximum Gasteiger partial charge on any atom is 0.469 e. The molecule has 1 aliphatic rings. The monoisotopic (exact) mass is 383 g/mol. The zero-order valence-electron chi connectivity index (χ0n) is 14.4. The predicted octanol–water partition coefficient (Wildman–Crippen LogP) is 1.99. The molecule has 11 heteroatoms. The van der Waals surface area contributed by atoms with Gasteiger partial charge in [-0.3, -0.25) is 9.09 Å². The van der Waals surface area contributed by atoms with Crippen LogP contribution in [0.2, 0.25) is 0 Å². The van der Waals surface area contributed by atoms with E-state index in [2.05, 4.69) is 24.8 Å². The van der Waals surface area contributed by atoms with Gasteiger partial charge in [-0.1, -0.05) is 6.08 Å². The highest BCUT2D eigenvalue weighted by Crippen LogP contribution is 2.36. The van der Waals surface area contributed by atoms with Gasteiger partial charge in [-0.15, -0.1) is 0 Å². The summed E-state index contributed by atoms with van der Waals surface area (Å²) in [4.78, 5) is 30.4. The van der Waals surface area contributed by atoms with E-state index in [4.69, 9.17) is 14.5 Å². The summed E-state index contributed by atoms with van der Waals surface area (Å²) in [6.07, 6.45) is 8.02. The van der Waals surface area contributed by atoms with Crippen molar-refractivity contribution in [3.8, 4) is 0 Å². The summed E-state index contributed by atoms with van der Waals surface area (Å²) >= 11 is 0. The predicted molar refractivity (Wildman–Crippen MR) is 94.4 cm³/mol. The van der Waals surface area contributed by atoms with E-state index in [1.54, 1.807) is 19.3 Å². The van der Waals surface area contributed by atoms with Gasteiger partial charge in [-0.05, 0) is 31.8 Å². The van der Waals surface area contributed by atoms with Gasteiger partial charge < -0.3 is 19.8 Å². The second kappa shape index (κ2) is 8.24. The summed E-state index contributed by atoms with van der Waals surface area (Å²) in [5, 5.41) is 3.14. The minimum absolute atomic E-state index is 0.0524. The summed E-state index contributed by atoms with van der Waals surface area (Å²) < 4.78 is 22.9. The molecule has 26 heavy (non-hydrogen) atoms. The van der Waals surface area contributed by atoms with Crippen LogP contribution in [0.4, 0.5) is 5.82 Å². The molecule has 3 heterocycles. The van der Waals surface area contributed by atoms with Gasteiger partial charge in [-0.2, -0.15) is 0 Å². The van der Waals surface area contributed by atoms with E-state index in [0.29, 0.717) is 29.1 Å². The summed E-state index contributed by atoms with van der Waals surface area (Å²) in [6, 6.07) is 0. The van der Waals surface area contributed by atoms with Crippen LogP contribution in [-0.4, -0.2) is 49.1 Å². The van der Waals surface area contributed by atoms with Crippen LogP contribution in [-0.2, 0) is 13.8 Å². The van der Waals surface area contributed by atoms with Crippen LogP contribution < -0.4 is 5.32 Å². The molecule has 1 aliphatic heterocycles. The number of hydrogen-bond donors (Lipinski definition) is 3. The third-order valence-corrected chi connectivity index (χ3v) is 4.47. The fourth-order valence-electron chi connectivity index (χ4n) is 2.70. The molecule has 0 spiro atoms. The summed E-state index contributed by atoms with van der Waals surface area (Å²) in [5.41, 5.74) is 2.05. The summed E-state index contributed by atoms with van der Waals surface area (Å²) in [5.74, 6) is 0.588. The molecule has 0 aliphatic carbocycles. The van der Waals surface area contributed by atoms with Crippen LogP contribution in [0.5, 0.6) is 0 Å². The summed E-state index contributed by atoms with van der Waals surface area (Å²) in [7, 11) is -4.46. The molecule has 142 valence electrons. The lowest BCUT2D eigenvalue weighted by Gasteiger charge is -2.23. The Kier molecular flexibility index (Phi) is 6.00. The molecule has 2 aromatic rings. The quantitative estimate of drug-likeness (QED) is 0.485. The molecular formula is C15H22N5O5P. The molecule has 0 aromatic carbocycles. The molecule has 2 aromatic heterocycles. The molecule has 0 radical (unpaired) electrons. The lowest BCUT2D eigenvalue weighted by Crippen LogP contribution is -2.17. The molecule has 10 nitrogen and oxygen atoms in total. The van der Waals surface area contributed by atoms with E-state index in [-0.39, 0.29) is 12.8 Å². The highest BCUT2D eigenvalue weighted by molar-refractivity contribution is 7.46. The van der Waals surface area contributed by atoms with E-state index in [9.17, 15) is 4.57 Å². The average Bonchev–Trinajstić information content (AvgIpc) is 3.05. The van der Waals surface area contributed by atoms with Gasteiger partial charge in [-0.25, -0.2) is 19.5 Å². The van der Waals surface area contributed by atoms with E-state index >= 15 is 0 Å². The van der Waals surface area contributed by atoms with Crippen molar-refractivity contribution in [3.63, 3.8) is 0 Å². The van der Waals surface area contributed by atoms with Crippen molar-refractivity contribution < 1.29 is 23.6 Å². The van der Waals surface area contributed by atoms with Crippen LogP contribution in [0, 0.1) is 0 Å². The van der Waals surface area contributed by atoms with E-state index < -0.39 is 7.82 Å². The van der Waals surface area contributed by atoms with Gasteiger partial charge in [0, 0.05) is 13.2 Å². The molecular weight excluding hydrogens is 361 g/mol. The Hall–Kier alpha value is -1.84. The maximum absolute atomic E-state index is 10.7.